The van der Waals surface area contributed by atoms with E-state index in [0.717, 1.165) is 5.56 Å². The maximum atomic E-state index is 14.1. The number of nitrogens with zero attached hydrogens (tertiary/aromatic N) is 1. The van der Waals surface area contributed by atoms with Crippen molar-refractivity contribution in [3.05, 3.63) is 103 Å². The van der Waals surface area contributed by atoms with Gasteiger partial charge in [-0.25, -0.2) is 5.09 Å². The first-order chi connectivity index (χ1) is 13.1. The van der Waals surface area contributed by atoms with Crippen LogP contribution >= 0.6 is 7.29 Å². The number of nitrogens with one attached hydrogen (secondary N) is 1. The fourth-order valence-corrected chi connectivity index (χ4v) is 5.33. The van der Waals surface area contributed by atoms with Gasteiger partial charge in [-0.2, -0.15) is 5.26 Å². The fraction of sp³-hybridized carbons (Fsp3) is 0.0870. The quantitative estimate of drug-likeness (QED) is 0.648. The molecule has 0 aromatic heterocycles. The van der Waals surface area contributed by atoms with Gasteiger partial charge in [0.05, 0.1) is 6.07 Å². The molecule has 3 nitrogen and oxygen atoms in total. The van der Waals surface area contributed by atoms with Gasteiger partial charge in [0.15, 0.2) is 0 Å². The predicted molar refractivity (Wildman–Crippen MR) is 112 cm³/mol. The molecule has 3 aromatic rings. The minimum Gasteiger partial charge on any atom is -0.296 e. The van der Waals surface area contributed by atoms with Crippen LogP contribution in [0.5, 0.6) is 0 Å². The van der Waals surface area contributed by atoms with Crippen molar-refractivity contribution in [2.75, 3.05) is 0 Å². The SMILES string of the molecule is CC(C#N)(/C=C/c1ccccc1)NP(=O)(c1ccccc1)c1ccccc1. The second-order valence-electron chi connectivity index (χ2n) is 6.45. The summed E-state index contributed by atoms with van der Waals surface area (Å²) in [7, 11) is -3.21. The molecular weight excluding hydrogens is 351 g/mol. The van der Waals surface area contributed by atoms with E-state index in [9.17, 15) is 9.83 Å². The van der Waals surface area contributed by atoms with Gasteiger partial charge in [0.25, 0.3) is 0 Å². The highest BCUT2D eigenvalue weighted by atomic mass is 31.2. The normalized spacial score (nSPS) is 13.8. The van der Waals surface area contributed by atoms with E-state index in [1.54, 1.807) is 13.0 Å². The molecule has 0 bridgehead atoms. The Labute approximate surface area is 160 Å². The van der Waals surface area contributed by atoms with E-state index >= 15 is 0 Å². The van der Waals surface area contributed by atoms with E-state index in [-0.39, 0.29) is 0 Å². The zero-order valence-electron chi connectivity index (χ0n) is 15.1. The van der Waals surface area contributed by atoms with Crippen molar-refractivity contribution < 1.29 is 4.57 Å². The Bertz CT molecular complexity index is 951. The summed E-state index contributed by atoms with van der Waals surface area (Å²) in [6.07, 6.45) is 3.64. The summed E-state index contributed by atoms with van der Waals surface area (Å²) in [5, 5.41) is 14.3. The maximum Gasteiger partial charge on any atom is 0.206 e. The topological polar surface area (TPSA) is 52.9 Å². The van der Waals surface area contributed by atoms with Gasteiger partial charge in [0.1, 0.15) is 5.54 Å². The molecule has 0 aliphatic heterocycles. The van der Waals surface area contributed by atoms with Crippen molar-refractivity contribution in [1.82, 2.24) is 5.09 Å². The summed E-state index contributed by atoms with van der Waals surface area (Å²) in [6, 6.07) is 30.6. The molecule has 0 fully saturated rings. The largest absolute Gasteiger partial charge is 0.296 e. The van der Waals surface area contributed by atoms with E-state index in [1.165, 1.54) is 0 Å². The van der Waals surface area contributed by atoms with Gasteiger partial charge < -0.3 is 0 Å². The Hall–Kier alpha value is -2.92. The highest BCUT2D eigenvalue weighted by molar-refractivity contribution is 7.77. The first-order valence-corrected chi connectivity index (χ1v) is 10.4. The third kappa shape index (κ3) is 4.44. The fourth-order valence-electron chi connectivity index (χ4n) is 2.81. The van der Waals surface area contributed by atoms with Crippen molar-refractivity contribution in [2.45, 2.75) is 12.5 Å². The van der Waals surface area contributed by atoms with Crippen LogP contribution in [-0.4, -0.2) is 5.54 Å². The van der Waals surface area contributed by atoms with E-state index in [0.29, 0.717) is 10.6 Å². The van der Waals surface area contributed by atoms with Gasteiger partial charge in [0.2, 0.25) is 7.29 Å². The van der Waals surface area contributed by atoms with E-state index in [1.807, 2.05) is 97.1 Å². The lowest BCUT2D eigenvalue weighted by Crippen LogP contribution is -2.42. The lowest BCUT2D eigenvalue weighted by molar-refractivity contribution is 0.561. The van der Waals surface area contributed by atoms with Crippen LogP contribution in [0.4, 0.5) is 0 Å². The Morgan fingerprint density at radius 2 is 1.30 bits per heavy atom. The number of hydrogen-bond acceptors (Lipinski definition) is 2. The summed E-state index contributed by atoms with van der Waals surface area (Å²) in [5.41, 5.74) is -0.119. The molecule has 1 unspecified atom stereocenters. The molecule has 1 N–H and O–H groups in total. The van der Waals surface area contributed by atoms with Gasteiger partial charge in [-0.15, -0.1) is 0 Å². The Kier molecular flexibility index (Phi) is 5.72. The van der Waals surface area contributed by atoms with E-state index in [2.05, 4.69) is 11.2 Å². The monoisotopic (exact) mass is 372 g/mol. The zero-order chi connectivity index (χ0) is 19.2. The summed E-state index contributed by atoms with van der Waals surface area (Å²) >= 11 is 0. The van der Waals surface area contributed by atoms with Gasteiger partial charge in [0, 0.05) is 10.6 Å². The molecular formula is C23H21N2OP. The highest BCUT2D eigenvalue weighted by Crippen LogP contribution is 2.41. The molecule has 0 radical (unpaired) electrons. The molecule has 0 saturated heterocycles. The van der Waals surface area contributed by atoms with Crippen molar-refractivity contribution in [3.63, 3.8) is 0 Å². The minimum atomic E-state index is -3.21. The van der Waals surface area contributed by atoms with Crippen LogP contribution in [0.2, 0.25) is 0 Å². The maximum absolute atomic E-state index is 14.1. The molecule has 4 heteroatoms. The predicted octanol–water partition coefficient (Wildman–Crippen LogP) is 4.50. The summed E-state index contributed by atoms with van der Waals surface area (Å²) in [6.45, 7) is 1.74. The first-order valence-electron chi connectivity index (χ1n) is 8.72. The second-order valence-corrected chi connectivity index (χ2v) is 8.93. The van der Waals surface area contributed by atoms with Gasteiger partial charge >= 0.3 is 0 Å². The smallest absolute Gasteiger partial charge is 0.206 e. The third-order valence-corrected chi connectivity index (χ3v) is 7.10. The Balaban J connectivity index is 2.02. The number of hydrogen-bond donors (Lipinski definition) is 1. The second kappa shape index (κ2) is 8.18. The molecule has 134 valence electrons. The van der Waals surface area contributed by atoms with Crippen LogP contribution in [0.25, 0.3) is 6.08 Å². The molecule has 0 aliphatic rings. The lowest BCUT2D eigenvalue weighted by Gasteiger charge is -2.28. The number of rotatable bonds is 6. The summed E-state index contributed by atoms with van der Waals surface area (Å²) in [4.78, 5) is 0. The Morgan fingerprint density at radius 1 is 0.852 bits per heavy atom. The van der Waals surface area contributed by atoms with Gasteiger partial charge in [-0.1, -0.05) is 72.8 Å². The molecule has 0 aliphatic carbocycles. The molecule has 0 amide bonds. The zero-order valence-corrected chi connectivity index (χ0v) is 16.0. The van der Waals surface area contributed by atoms with Crippen LogP contribution in [0.3, 0.4) is 0 Å². The van der Waals surface area contributed by atoms with Crippen LogP contribution in [0, 0.1) is 11.3 Å². The molecule has 0 spiro atoms. The van der Waals surface area contributed by atoms with Gasteiger partial charge in [-0.05, 0) is 42.8 Å². The number of benzene rings is 3. The molecule has 27 heavy (non-hydrogen) atoms. The highest BCUT2D eigenvalue weighted by Gasteiger charge is 2.35. The minimum absolute atomic E-state index is 0.672. The van der Waals surface area contributed by atoms with Crippen LogP contribution in [0.15, 0.2) is 97.1 Å². The molecule has 3 rings (SSSR count). The molecule has 0 saturated carbocycles. The summed E-state index contributed by atoms with van der Waals surface area (Å²) in [5.74, 6) is 0. The van der Waals surface area contributed by atoms with E-state index < -0.39 is 12.8 Å². The van der Waals surface area contributed by atoms with Crippen molar-refractivity contribution >= 4 is 24.0 Å². The third-order valence-electron chi connectivity index (χ3n) is 4.27. The Morgan fingerprint density at radius 3 is 1.74 bits per heavy atom. The van der Waals surface area contributed by atoms with Crippen molar-refractivity contribution in [3.8, 4) is 6.07 Å². The lowest BCUT2D eigenvalue weighted by atomic mass is 10.0. The molecule has 3 aromatic carbocycles. The van der Waals surface area contributed by atoms with E-state index in [4.69, 9.17) is 0 Å². The average molecular weight is 372 g/mol. The number of nitriles is 1. The van der Waals surface area contributed by atoms with Crippen molar-refractivity contribution in [1.29, 1.82) is 5.26 Å². The van der Waals surface area contributed by atoms with Crippen molar-refractivity contribution in [2.24, 2.45) is 0 Å². The average Bonchev–Trinajstić information content (AvgIpc) is 2.74. The van der Waals surface area contributed by atoms with Crippen LogP contribution < -0.4 is 15.7 Å². The first kappa shape index (κ1) is 18.9. The molecule has 1 atom stereocenters. The van der Waals surface area contributed by atoms with Crippen LogP contribution in [-0.2, 0) is 4.57 Å². The standard InChI is InChI=1S/C23H21N2OP/c1-23(19-24,18-17-20-11-5-2-6-12-20)25-27(26,21-13-7-3-8-14-21)22-15-9-4-10-16-22/h2-18H,1H3,(H,25,26)/b18-17+. The summed E-state index contributed by atoms with van der Waals surface area (Å²) < 4.78 is 14.1. The van der Waals surface area contributed by atoms with Gasteiger partial charge in [-0.3, -0.25) is 4.57 Å². The molecule has 0 heterocycles. The van der Waals surface area contributed by atoms with Crippen LogP contribution in [0.1, 0.15) is 12.5 Å².